The van der Waals surface area contributed by atoms with Gasteiger partial charge >= 0.3 is 12.3 Å². The number of hydrogen-bond acceptors (Lipinski definition) is 4. The number of piperidine rings is 1. The zero-order valence-corrected chi connectivity index (χ0v) is 17.9. The number of alkyl carbamates (subject to hydrolysis) is 1. The van der Waals surface area contributed by atoms with Crippen LogP contribution in [0.3, 0.4) is 0 Å². The molecule has 0 spiro atoms. The highest BCUT2D eigenvalue weighted by molar-refractivity contribution is 5.78. The van der Waals surface area contributed by atoms with E-state index in [9.17, 15) is 27.2 Å². The zero-order valence-electron chi connectivity index (χ0n) is 17.9. The molecule has 1 fully saturated rings. The van der Waals surface area contributed by atoms with Gasteiger partial charge < -0.3 is 15.4 Å². The Labute approximate surface area is 179 Å². The fourth-order valence-electron chi connectivity index (χ4n) is 3.42. The van der Waals surface area contributed by atoms with Gasteiger partial charge in [0.1, 0.15) is 11.4 Å². The second-order valence-corrected chi connectivity index (χ2v) is 8.58. The van der Waals surface area contributed by atoms with E-state index in [1.165, 1.54) is 0 Å². The fourth-order valence-corrected chi connectivity index (χ4v) is 3.42. The lowest BCUT2D eigenvalue weighted by Gasteiger charge is -2.35. The number of ether oxygens (including phenoxy) is 1. The molecule has 1 saturated heterocycles. The van der Waals surface area contributed by atoms with Crippen molar-refractivity contribution in [2.45, 2.75) is 64.4 Å². The fraction of sp³-hybridized carbons (Fsp3) is 0.619. The van der Waals surface area contributed by atoms with Crippen molar-refractivity contribution in [2.24, 2.45) is 0 Å². The molecule has 1 aliphatic heterocycles. The molecule has 6 nitrogen and oxygen atoms in total. The third-order valence-electron chi connectivity index (χ3n) is 4.83. The van der Waals surface area contributed by atoms with Crippen molar-refractivity contribution in [3.05, 3.63) is 35.1 Å². The Bertz CT molecular complexity index is 778. The number of nitrogens with zero attached hydrogens (tertiary/aromatic N) is 1. The lowest BCUT2D eigenvalue weighted by atomic mass is 10.0. The molecular weight excluding hydrogens is 418 g/mol. The van der Waals surface area contributed by atoms with E-state index in [1.54, 1.807) is 20.8 Å². The van der Waals surface area contributed by atoms with E-state index in [0.717, 1.165) is 31.4 Å². The number of carbonyl (C=O) groups excluding carboxylic acids is 2. The summed E-state index contributed by atoms with van der Waals surface area (Å²) in [7, 11) is 0. The molecule has 31 heavy (non-hydrogen) atoms. The summed E-state index contributed by atoms with van der Waals surface area (Å²) in [5, 5.41) is 5.18. The van der Waals surface area contributed by atoms with E-state index in [0.29, 0.717) is 19.2 Å². The van der Waals surface area contributed by atoms with Crippen LogP contribution in [0.15, 0.2) is 18.2 Å². The molecule has 2 amide bonds. The van der Waals surface area contributed by atoms with E-state index in [1.807, 2.05) is 4.90 Å². The molecule has 1 aliphatic rings. The van der Waals surface area contributed by atoms with Crippen molar-refractivity contribution in [1.82, 2.24) is 15.5 Å². The third kappa shape index (κ3) is 8.35. The standard InChI is InChI=1S/C21H29F4N3O3/c1-20(2,3)31-19(30)27-12-16-6-4-5-9-28(16)13-18(29)26-11-14-7-8-15(22)10-17(14)21(23,24)25/h7-8,10,16H,4-6,9,11-13H2,1-3H3,(H,26,29)(H,27,30). The van der Waals surface area contributed by atoms with E-state index in [4.69, 9.17) is 4.74 Å². The average molecular weight is 447 g/mol. The molecular formula is C21H29F4N3O3. The summed E-state index contributed by atoms with van der Waals surface area (Å²) in [6.07, 6.45) is -2.65. The number of halogens is 4. The Morgan fingerprint density at radius 3 is 2.52 bits per heavy atom. The van der Waals surface area contributed by atoms with Crippen molar-refractivity contribution in [3.8, 4) is 0 Å². The number of benzene rings is 1. The van der Waals surface area contributed by atoms with Crippen LogP contribution in [0.25, 0.3) is 0 Å². The van der Waals surface area contributed by atoms with E-state index in [2.05, 4.69) is 10.6 Å². The van der Waals surface area contributed by atoms with Crippen molar-refractivity contribution in [1.29, 1.82) is 0 Å². The minimum Gasteiger partial charge on any atom is -0.444 e. The molecule has 1 heterocycles. The molecule has 2 N–H and O–H groups in total. The lowest BCUT2D eigenvalue weighted by Crippen LogP contribution is -2.50. The van der Waals surface area contributed by atoms with Gasteiger partial charge in [-0.3, -0.25) is 9.69 Å². The highest BCUT2D eigenvalue weighted by Gasteiger charge is 2.34. The Hall–Kier alpha value is -2.36. The second kappa shape index (κ2) is 10.3. The van der Waals surface area contributed by atoms with Crippen LogP contribution in [0.4, 0.5) is 22.4 Å². The van der Waals surface area contributed by atoms with Crippen LogP contribution in [0.5, 0.6) is 0 Å². The lowest BCUT2D eigenvalue weighted by molar-refractivity contribution is -0.138. The quantitative estimate of drug-likeness (QED) is 0.650. The maximum absolute atomic E-state index is 13.2. The first kappa shape index (κ1) is 24.9. The number of nitrogens with one attached hydrogen (secondary N) is 2. The summed E-state index contributed by atoms with van der Waals surface area (Å²) in [5.41, 5.74) is -1.93. The molecule has 2 rings (SSSR count). The average Bonchev–Trinajstić information content (AvgIpc) is 2.64. The van der Waals surface area contributed by atoms with E-state index >= 15 is 0 Å². The molecule has 1 unspecified atom stereocenters. The van der Waals surface area contributed by atoms with Crippen molar-refractivity contribution in [3.63, 3.8) is 0 Å². The summed E-state index contributed by atoms with van der Waals surface area (Å²) < 4.78 is 57.7. The van der Waals surface area contributed by atoms with Crippen LogP contribution in [0, 0.1) is 5.82 Å². The van der Waals surface area contributed by atoms with Gasteiger partial charge in [0, 0.05) is 19.1 Å². The molecule has 1 atom stereocenters. The van der Waals surface area contributed by atoms with Gasteiger partial charge in [-0.15, -0.1) is 0 Å². The molecule has 0 aromatic heterocycles. The van der Waals surface area contributed by atoms with Gasteiger partial charge in [-0.05, 0) is 57.9 Å². The molecule has 1 aromatic rings. The molecule has 1 aromatic carbocycles. The molecule has 10 heteroatoms. The van der Waals surface area contributed by atoms with Crippen molar-refractivity contribution < 1.29 is 31.9 Å². The number of rotatable bonds is 6. The molecule has 0 radical (unpaired) electrons. The highest BCUT2D eigenvalue weighted by Crippen LogP contribution is 2.32. The third-order valence-corrected chi connectivity index (χ3v) is 4.83. The Balaban J connectivity index is 1.91. The first-order valence-electron chi connectivity index (χ1n) is 10.2. The molecule has 0 saturated carbocycles. The predicted molar refractivity (Wildman–Crippen MR) is 107 cm³/mol. The van der Waals surface area contributed by atoms with Gasteiger partial charge in [-0.25, -0.2) is 9.18 Å². The maximum atomic E-state index is 13.2. The minimum atomic E-state index is -4.71. The van der Waals surface area contributed by atoms with E-state index < -0.39 is 35.2 Å². The molecule has 0 aliphatic carbocycles. The number of amides is 2. The Morgan fingerprint density at radius 1 is 1.16 bits per heavy atom. The van der Waals surface area contributed by atoms with Gasteiger partial charge in [-0.1, -0.05) is 12.5 Å². The van der Waals surface area contributed by atoms with Gasteiger partial charge in [0.05, 0.1) is 12.1 Å². The van der Waals surface area contributed by atoms with E-state index in [-0.39, 0.29) is 24.7 Å². The first-order valence-corrected chi connectivity index (χ1v) is 10.2. The SMILES string of the molecule is CC(C)(C)OC(=O)NCC1CCCCN1CC(=O)NCc1ccc(F)cc1C(F)(F)F. The van der Waals surface area contributed by atoms with Crippen LogP contribution in [0.2, 0.25) is 0 Å². The molecule has 0 bridgehead atoms. The number of alkyl halides is 3. The highest BCUT2D eigenvalue weighted by atomic mass is 19.4. The monoisotopic (exact) mass is 447 g/mol. The Morgan fingerprint density at radius 2 is 1.87 bits per heavy atom. The number of likely N-dealkylation sites (tertiary alicyclic amines) is 1. The summed E-state index contributed by atoms with van der Waals surface area (Å²) in [5.74, 6) is -1.43. The minimum absolute atomic E-state index is 0.0107. The van der Waals surface area contributed by atoms with Crippen molar-refractivity contribution >= 4 is 12.0 Å². The van der Waals surface area contributed by atoms with Crippen LogP contribution in [0.1, 0.15) is 51.2 Å². The van der Waals surface area contributed by atoms with Gasteiger partial charge in [0.25, 0.3) is 0 Å². The molecule has 174 valence electrons. The van der Waals surface area contributed by atoms with Crippen LogP contribution in [-0.4, -0.2) is 48.2 Å². The summed E-state index contributed by atoms with van der Waals surface area (Å²) in [6.45, 7) is 5.85. The summed E-state index contributed by atoms with van der Waals surface area (Å²) >= 11 is 0. The predicted octanol–water partition coefficient (Wildman–Crippen LogP) is 3.84. The summed E-state index contributed by atoms with van der Waals surface area (Å²) in [6, 6.07) is 2.29. The van der Waals surface area contributed by atoms with Crippen LogP contribution < -0.4 is 10.6 Å². The van der Waals surface area contributed by atoms with Gasteiger partial charge in [0.15, 0.2) is 0 Å². The number of carbonyl (C=O) groups is 2. The second-order valence-electron chi connectivity index (χ2n) is 8.58. The Kier molecular flexibility index (Phi) is 8.27. The van der Waals surface area contributed by atoms with Gasteiger partial charge in [-0.2, -0.15) is 13.2 Å². The first-order chi connectivity index (χ1) is 14.3. The topological polar surface area (TPSA) is 70.7 Å². The van der Waals surface area contributed by atoms with Gasteiger partial charge in [0.2, 0.25) is 5.91 Å². The zero-order chi connectivity index (χ0) is 23.2. The van der Waals surface area contributed by atoms with Crippen LogP contribution >= 0.6 is 0 Å². The maximum Gasteiger partial charge on any atom is 0.416 e. The smallest absolute Gasteiger partial charge is 0.416 e. The number of hydrogen-bond donors (Lipinski definition) is 2. The van der Waals surface area contributed by atoms with Crippen LogP contribution in [-0.2, 0) is 22.3 Å². The van der Waals surface area contributed by atoms with Crippen molar-refractivity contribution in [2.75, 3.05) is 19.6 Å². The largest absolute Gasteiger partial charge is 0.444 e. The normalized spacial score (nSPS) is 17.8. The summed E-state index contributed by atoms with van der Waals surface area (Å²) in [4.78, 5) is 26.1.